The van der Waals surface area contributed by atoms with Crippen molar-refractivity contribution in [2.75, 3.05) is 18.0 Å². The van der Waals surface area contributed by atoms with Gasteiger partial charge in [0.05, 0.1) is 5.56 Å². The highest BCUT2D eigenvalue weighted by Gasteiger charge is 2.36. The highest BCUT2D eigenvalue weighted by molar-refractivity contribution is 6.03. The molecule has 1 aliphatic heterocycles. The lowest BCUT2D eigenvalue weighted by Crippen LogP contribution is -2.57. The normalized spacial score (nSPS) is 16.6. The van der Waals surface area contributed by atoms with Crippen LogP contribution in [0.5, 0.6) is 11.5 Å². The first-order valence-corrected chi connectivity index (χ1v) is 10.4. The first-order chi connectivity index (χ1) is 15.7. The van der Waals surface area contributed by atoms with Crippen LogP contribution in [-0.2, 0) is 11.0 Å². The summed E-state index contributed by atoms with van der Waals surface area (Å²) in [5.74, 6) is 0.584. The van der Waals surface area contributed by atoms with E-state index in [2.05, 4.69) is 0 Å². The van der Waals surface area contributed by atoms with Crippen LogP contribution >= 0.6 is 0 Å². The Hall–Kier alpha value is -3.81. The Kier molecular flexibility index (Phi) is 6.09. The predicted octanol–water partition coefficient (Wildman–Crippen LogP) is 5.38. The molecule has 170 valence electrons. The van der Waals surface area contributed by atoms with E-state index in [-0.39, 0.29) is 24.6 Å². The van der Waals surface area contributed by atoms with Crippen LogP contribution in [0.1, 0.15) is 22.8 Å². The average Bonchev–Trinajstić information content (AvgIpc) is 2.81. The molecule has 5 nitrogen and oxygen atoms in total. The summed E-state index contributed by atoms with van der Waals surface area (Å²) in [7, 11) is 0. The van der Waals surface area contributed by atoms with Gasteiger partial charge < -0.3 is 14.5 Å². The standard InChI is InChI=1S/C25H21F3N2O3/c1-17-23(31)30(20-11-13-22(14-12-20)33-21-5-3-2-4-6-21)16-15-29(17)24(32)18-7-9-19(10-8-18)25(26,27)28/h2-14,17H,15-16H2,1H3. The van der Waals surface area contributed by atoms with Gasteiger partial charge in [-0.2, -0.15) is 13.2 Å². The lowest BCUT2D eigenvalue weighted by Gasteiger charge is -2.39. The molecule has 0 bridgehead atoms. The van der Waals surface area contributed by atoms with E-state index >= 15 is 0 Å². The maximum Gasteiger partial charge on any atom is 0.416 e. The summed E-state index contributed by atoms with van der Waals surface area (Å²) in [5, 5.41) is 0. The Bertz CT molecular complexity index is 1130. The summed E-state index contributed by atoms with van der Waals surface area (Å²) in [6.07, 6.45) is -4.47. The highest BCUT2D eigenvalue weighted by atomic mass is 19.4. The van der Waals surface area contributed by atoms with Crippen LogP contribution in [0.2, 0.25) is 0 Å². The Labute approximate surface area is 189 Å². The zero-order chi connectivity index (χ0) is 23.6. The molecule has 1 heterocycles. The molecule has 4 rings (SSSR count). The molecule has 2 amide bonds. The van der Waals surface area contributed by atoms with Gasteiger partial charge in [0, 0.05) is 24.3 Å². The molecule has 0 N–H and O–H groups in total. The van der Waals surface area contributed by atoms with Crippen molar-refractivity contribution in [1.29, 1.82) is 0 Å². The van der Waals surface area contributed by atoms with Crippen molar-refractivity contribution in [3.8, 4) is 11.5 Å². The monoisotopic (exact) mass is 454 g/mol. The number of piperazine rings is 1. The average molecular weight is 454 g/mol. The fourth-order valence-corrected chi connectivity index (χ4v) is 3.69. The summed E-state index contributed by atoms with van der Waals surface area (Å²) in [5.41, 5.74) is -0.0416. The molecule has 3 aromatic rings. The van der Waals surface area contributed by atoms with Crippen molar-refractivity contribution in [2.45, 2.75) is 19.1 Å². The minimum atomic E-state index is -4.47. The first-order valence-electron chi connectivity index (χ1n) is 10.4. The van der Waals surface area contributed by atoms with Crippen LogP contribution in [-0.4, -0.2) is 35.8 Å². The molecule has 1 fully saturated rings. The molecule has 1 atom stereocenters. The number of anilines is 1. The number of para-hydroxylation sites is 1. The second-order valence-corrected chi connectivity index (χ2v) is 7.65. The Balaban J connectivity index is 1.43. The molecule has 1 unspecified atom stereocenters. The van der Waals surface area contributed by atoms with Crippen LogP contribution in [0.4, 0.5) is 18.9 Å². The lowest BCUT2D eigenvalue weighted by atomic mass is 10.1. The van der Waals surface area contributed by atoms with E-state index < -0.39 is 23.7 Å². The van der Waals surface area contributed by atoms with Gasteiger partial charge in [-0.1, -0.05) is 18.2 Å². The van der Waals surface area contributed by atoms with E-state index in [0.29, 0.717) is 17.2 Å². The van der Waals surface area contributed by atoms with Gasteiger partial charge >= 0.3 is 6.18 Å². The van der Waals surface area contributed by atoms with Gasteiger partial charge in [0.2, 0.25) is 5.91 Å². The van der Waals surface area contributed by atoms with Crippen molar-refractivity contribution in [3.05, 3.63) is 90.0 Å². The molecule has 8 heteroatoms. The summed E-state index contributed by atoms with van der Waals surface area (Å²) >= 11 is 0. The van der Waals surface area contributed by atoms with E-state index in [1.807, 2.05) is 30.3 Å². The second-order valence-electron chi connectivity index (χ2n) is 7.65. The van der Waals surface area contributed by atoms with Crippen molar-refractivity contribution >= 4 is 17.5 Å². The highest BCUT2D eigenvalue weighted by Crippen LogP contribution is 2.30. The molecule has 0 aromatic heterocycles. The molecule has 1 aliphatic rings. The molecular weight excluding hydrogens is 433 g/mol. The lowest BCUT2D eigenvalue weighted by molar-refractivity contribution is -0.137. The zero-order valence-corrected chi connectivity index (χ0v) is 17.8. The number of carbonyl (C=O) groups is 2. The molecule has 33 heavy (non-hydrogen) atoms. The van der Waals surface area contributed by atoms with Crippen molar-refractivity contribution in [1.82, 2.24) is 4.90 Å². The van der Waals surface area contributed by atoms with Gasteiger partial charge in [-0.05, 0) is 67.6 Å². The van der Waals surface area contributed by atoms with Gasteiger partial charge in [0.15, 0.2) is 0 Å². The molecule has 3 aromatic carbocycles. The van der Waals surface area contributed by atoms with Crippen molar-refractivity contribution < 1.29 is 27.5 Å². The van der Waals surface area contributed by atoms with Gasteiger partial charge in [0.1, 0.15) is 17.5 Å². The molecular formula is C25H21F3N2O3. The van der Waals surface area contributed by atoms with Crippen molar-refractivity contribution in [3.63, 3.8) is 0 Å². The second kappa shape index (κ2) is 8.97. The number of alkyl halides is 3. The number of hydrogen-bond acceptors (Lipinski definition) is 3. The number of halogens is 3. The molecule has 0 radical (unpaired) electrons. The number of ether oxygens (including phenoxy) is 1. The minimum absolute atomic E-state index is 0.110. The Morgan fingerprint density at radius 3 is 2.09 bits per heavy atom. The van der Waals surface area contributed by atoms with Gasteiger partial charge in [0.25, 0.3) is 5.91 Å². The smallest absolute Gasteiger partial charge is 0.416 e. The zero-order valence-electron chi connectivity index (χ0n) is 17.8. The van der Waals surface area contributed by atoms with E-state index in [4.69, 9.17) is 4.74 Å². The number of amides is 2. The molecule has 0 saturated carbocycles. The van der Waals surface area contributed by atoms with Crippen LogP contribution in [0, 0.1) is 0 Å². The van der Waals surface area contributed by atoms with Crippen molar-refractivity contribution in [2.24, 2.45) is 0 Å². The molecule has 0 aliphatic carbocycles. The summed E-state index contributed by atoms with van der Waals surface area (Å²) in [6.45, 7) is 2.15. The maximum absolute atomic E-state index is 13.0. The minimum Gasteiger partial charge on any atom is -0.457 e. The number of hydrogen-bond donors (Lipinski definition) is 0. The number of carbonyl (C=O) groups excluding carboxylic acids is 2. The van der Waals surface area contributed by atoms with E-state index in [1.54, 1.807) is 36.1 Å². The predicted molar refractivity (Wildman–Crippen MR) is 117 cm³/mol. The topological polar surface area (TPSA) is 49.9 Å². The van der Waals surface area contributed by atoms with Crippen LogP contribution in [0.25, 0.3) is 0 Å². The largest absolute Gasteiger partial charge is 0.457 e. The summed E-state index contributed by atoms with van der Waals surface area (Å²) in [4.78, 5) is 28.8. The van der Waals surface area contributed by atoms with E-state index in [1.165, 1.54) is 4.90 Å². The Morgan fingerprint density at radius 2 is 1.48 bits per heavy atom. The first kappa shape index (κ1) is 22.4. The molecule has 0 spiro atoms. The number of nitrogens with zero attached hydrogens (tertiary/aromatic N) is 2. The third-order valence-electron chi connectivity index (χ3n) is 5.50. The number of rotatable bonds is 4. The summed E-state index contributed by atoms with van der Waals surface area (Å²) < 4.78 is 44.1. The fourth-order valence-electron chi connectivity index (χ4n) is 3.69. The van der Waals surface area contributed by atoms with Gasteiger partial charge in [-0.3, -0.25) is 9.59 Å². The third kappa shape index (κ3) is 4.84. The maximum atomic E-state index is 13.0. The van der Waals surface area contributed by atoms with Gasteiger partial charge in [-0.25, -0.2) is 0 Å². The quantitative estimate of drug-likeness (QED) is 0.532. The van der Waals surface area contributed by atoms with Crippen LogP contribution in [0.3, 0.4) is 0 Å². The fraction of sp³-hybridized carbons (Fsp3) is 0.200. The third-order valence-corrected chi connectivity index (χ3v) is 5.50. The SMILES string of the molecule is CC1C(=O)N(c2ccc(Oc3ccccc3)cc2)CCN1C(=O)c1ccc(C(F)(F)F)cc1. The van der Waals surface area contributed by atoms with Crippen LogP contribution < -0.4 is 9.64 Å². The summed E-state index contributed by atoms with van der Waals surface area (Å²) in [6, 6.07) is 19.7. The van der Waals surface area contributed by atoms with Gasteiger partial charge in [-0.15, -0.1) is 0 Å². The Morgan fingerprint density at radius 1 is 0.879 bits per heavy atom. The van der Waals surface area contributed by atoms with E-state index in [0.717, 1.165) is 24.3 Å². The van der Waals surface area contributed by atoms with Crippen LogP contribution in [0.15, 0.2) is 78.9 Å². The number of benzene rings is 3. The van der Waals surface area contributed by atoms with E-state index in [9.17, 15) is 22.8 Å². The molecule has 1 saturated heterocycles.